The first-order valence-corrected chi connectivity index (χ1v) is 11.1. The number of hydrogen-bond acceptors (Lipinski definition) is 3. The molecule has 1 aliphatic carbocycles. The lowest BCUT2D eigenvalue weighted by atomic mass is 9.95. The number of amides is 2. The van der Waals surface area contributed by atoms with Gasteiger partial charge in [-0.05, 0) is 48.7 Å². The van der Waals surface area contributed by atoms with E-state index in [-0.39, 0.29) is 24.4 Å². The number of halogens is 1. The van der Waals surface area contributed by atoms with Crippen molar-refractivity contribution in [3.05, 3.63) is 64.0 Å². The van der Waals surface area contributed by atoms with E-state index in [1.54, 1.807) is 11.0 Å². The van der Waals surface area contributed by atoms with Crippen molar-refractivity contribution < 1.29 is 9.59 Å². The average Bonchev–Trinajstić information content (AvgIpc) is 2.72. The Morgan fingerprint density at radius 2 is 1.93 bits per heavy atom. The Kier molecular flexibility index (Phi) is 6.26. The van der Waals surface area contributed by atoms with Gasteiger partial charge in [0.15, 0.2) is 0 Å². The average molecular weight is 427 g/mol. The van der Waals surface area contributed by atoms with Crippen molar-refractivity contribution in [2.75, 3.05) is 11.4 Å². The van der Waals surface area contributed by atoms with Gasteiger partial charge in [-0.15, -0.1) is 0 Å². The molecule has 1 aliphatic heterocycles. The lowest BCUT2D eigenvalue weighted by Crippen LogP contribution is -2.46. The second-order valence-corrected chi connectivity index (χ2v) is 8.95. The first-order valence-electron chi connectivity index (χ1n) is 9.95. The molecule has 0 atom stereocenters. The van der Waals surface area contributed by atoms with E-state index in [2.05, 4.69) is 5.32 Å². The predicted octanol–water partition coefficient (Wildman–Crippen LogP) is 5.27. The Hall–Kier alpha value is -2.24. The van der Waals surface area contributed by atoms with E-state index < -0.39 is 0 Å². The van der Waals surface area contributed by atoms with E-state index in [1.165, 1.54) is 18.2 Å². The van der Waals surface area contributed by atoms with Gasteiger partial charge in [-0.25, -0.2) is 0 Å². The second kappa shape index (κ2) is 9.06. The molecule has 1 heterocycles. The highest BCUT2D eigenvalue weighted by Gasteiger charge is 2.31. The predicted molar refractivity (Wildman–Crippen MR) is 119 cm³/mol. The van der Waals surface area contributed by atoms with Crippen LogP contribution in [0.1, 0.15) is 37.7 Å². The molecule has 2 amide bonds. The van der Waals surface area contributed by atoms with Gasteiger partial charge in [-0.3, -0.25) is 14.5 Å². The molecule has 1 saturated carbocycles. The highest BCUT2D eigenvalue weighted by Crippen LogP contribution is 2.42. The van der Waals surface area contributed by atoms with Crippen LogP contribution < -0.4 is 10.2 Å². The summed E-state index contributed by atoms with van der Waals surface area (Å²) in [6.07, 6.45) is 7.41. The summed E-state index contributed by atoms with van der Waals surface area (Å²) in [4.78, 5) is 29.1. The second-order valence-electron chi connectivity index (χ2n) is 7.43. The Bertz CT molecular complexity index is 953. The summed E-state index contributed by atoms with van der Waals surface area (Å²) in [7, 11) is 0. The standard InChI is InChI=1S/C23H23ClN2O2S/c24-17-8-6-7-16(13-17)14-21-23(28)26(19-11-4-5-12-20(19)29-21)15-22(27)25-18-9-2-1-3-10-18/h4-8,11-14,18H,1-3,9-10,15H2,(H,25,27)/b21-14-. The number of rotatable bonds is 4. The molecular weight excluding hydrogens is 404 g/mol. The number of carbonyl (C=O) groups is 2. The normalized spacial score (nSPS) is 18.6. The fraction of sp³-hybridized carbons (Fsp3) is 0.304. The maximum Gasteiger partial charge on any atom is 0.265 e. The lowest BCUT2D eigenvalue weighted by Gasteiger charge is -2.31. The molecule has 4 rings (SSSR count). The minimum atomic E-state index is -0.160. The minimum Gasteiger partial charge on any atom is -0.352 e. The first kappa shape index (κ1) is 20.0. The molecule has 2 aliphatic rings. The highest BCUT2D eigenvalue weighted by atomic mass is 35.5. The smallest absolute Gasteiger partial charge is 0.265 e. The number of thioether (sulfide) groups is 1. The third-order valence-corrected chi connectivity index (χ3v) is 6.56. The van der Waals surface area contributed by atoms with Crippen LogP contribution in [0, 0.1) is 0 Å². The molecule has 6 heteroatoms. The fourth-order valence-corrected chi connectivity index (χ4v) is 5.09. The summed E-state index contributed by atoms with van der Waals surface area (Å²) in [5, 5.41) is 3.73. The summed E-state index contributed by atoms with van der Waals surface area (Å²) in [5.74, 6) is -0.262. The number of carbonyl (C=O) groups excluding carboxylic acids is 2. The van der Waals surface area contributed by atoms with Crippen LogP contribution >= 0.6 is 23.4 Å². The summed E-state index contributed by atoms with van der Waals surface area (Å²) in [5.41, 5.74) is 1.64. The highest BCUT2D eigenvalue weighted by molar-refractivity contribution is 8.04. The van der Waals surface area contributed by atoms with Gasteiger partial charge in [0.2, 0.25) is 5.91 Å². The molecule has 0 unspecified atom stereocenters. The number of benzene rings is 2. The van der Waals surface area contributed by atoms with Crippen LogP contribution in [0.4, 0.5) is 5.69 Å². The minimum absolute atomic E-state index is 0.0276. The lowest BCUT2D eigenvalue weighted by molar-refractivity contribution is -0.123. The number of nitrogens with one attached hydrogen (secondary N) is 1. The third-order valence-electron chi connectivity index (χ3n) is 5.25. The van der Waals surface area contributed by atoms with Crippen molar-refractivity contribution >= 4 is 46.9 Å². The fourth-order valence-electron chi connectivity index (χ4n) is 3.83. The number of nitrogens with zero attached hydrogens (tertiary/aromatic N) is 1. The van der Waals surface area contributed by atoms with Gasteiger partial charge >= 0.3 is 0 Å². The van der Waals surface area contributed by atoms with E-state index in [9.17, 15) is 9.59 Å². The van der Waals surface area contributed by atoms with Gasteiger partial charge in [-0.2, -0.15) is 0 Å². The van der Waals surface area contributed by atoms with Crippen molar-refractivity contribution in [2.24, 2.45) is 0 Å². The van der Waals surface area contributed by atoms with Crippen LogP contribution in [0.25, 0.3) is 6.08 Å². The zero-order chi connectivity index (χ0) is 20.2. The zero-order valence-electron chi connectivity index (χ0n) is 16.1. The molecule has 2 aromatic rings. The number of anilines is 1. The number of para-hydroxylation sites is 1. The van der Waals surface area contributed by atoms with Gasteiger partial charge in [0, 0.05) is 16.0 Å². The number of hydrogen-bond donors (Lipinski definition) is 1. The van der Waals surface area contributed by atoms with Crippen LogP contribution in [0.15, 0.2) is 58.3 Å². The van der Waals surface area contributed by atoms with E-state index >= 15 is 0 Å². The SMILES string of the molecule is O=C(CN1C(=O)/C(=C/c2cccc(Cl)c2)Sc2ccccc21)NC1CCCCC1. The Morgan fingerprint density at radius 1 is 1.14 bits per heavy atom. The van der Waals surface area contributed by atoms with Crippen LogP contribution in [-0.2, 0) is 9.59 Å². The molecule has 29 heavy (non-hydrogen) atoms. The first-order chi connectivity index (χ1) is 14.1. The summed E-state index contributed by atoms with van der Waals surface area (Å²) >= 11 is 7.51. The number of fused-ring (bicyclic) bond motifs is 1. The van der Waals surface area contributed by atoms with Crippen LogP contribution in [0.3, 0.4) is 0 Å². The summed E-state index contributed by atoms with van der Waals surface area (Å²) in [6.45, 7) is 0.0276. The van der Waals surface area contributed by atoms with Crippen molar-refractivity contribution in [1.29, 1.82) is 0 Å². The van der Waals surface area contributed by atoms with Gasteiger partial charge in [0.25, 0.3) is 5.91 Å². The quantitative estimate of drug-likeness (QED) is 0.677. The van der Waals surface area contributed by atoms with E-state index in [0.717, 1.165) is 41.8 Å². The summed E-state index contributed by atoms with van der Waals surface area (Å²) < 4.78 is 0. The van der Waals surface area contributed by atoms with Crippen molar-refractivity contribution in [3.63, 3.8) is 0 Å². The maximum absolute atomic E-state index is 13.2. The summed E-state index contributed by atoms with van der Waals surface area (Å²) in [6, 6.07) is 15.3. The van der Waals surface area contributed by atoms with Crippen molar-refractivity contribution in [3.8, 4) is 0 Å². The van der Waals surface area contributed by atoms with Gasteiger partial charge in [0.05, 0.1) is 10.6 Å². The van der Waals surface area contributed by atoms with Crippen molar-refractivity contribution in [2.45, 2.75) is 43.0 Å². The molecule has 150 valence electrons. The van der Waals surface area contributed by atoms with Crippen LogP contribution in [0.5, 0.6) is 0 Å². The van der Waals surface area contributed by atoms with Crippen molar-refractivity contribution in [1.82, 2.24) is 5.32 Å². The largest absolute Gasteiger partial charge is 0.352 e. The molecule has 2 aromatic carbocycles. The molecule has 0 bridgehead atoms. The molecule has 4 nitrogen and oxygen atoms in total. The van der Waals surface area contributed by atoms with Gasteiger partial charge in [-0.1, -0.05) is 66.9 Å². The van der Waals surface area contributed by atoms with Crippen LogP contribution in [-0.4, -0.2) is 24.4 Å². The van der Waals surface area contributed by atoms with E-state index in [4.69, 9.17) is 11.6 Å². The molecule has 0 saturated heterocycles. The van der Waals surface area contributed by atoms with E-state index in [1.807, 2.05) is 48.5 Å². The Morgan fingerprint density at radius 3 is 2.72 bits per heavy atom. The Balaban J connectivity index is 1.58. The monoisotopic (exact) mass is 426 g/mol. The topological polar surface area (TPSA) is 49.4 Å². The molecular formula is C23H23ClN2O2S. The third kappa shape index (κ3) is 4.85. The molecule has 1 N–H and O–H groups in total. The van der Waals surface area contributed by atoms with Gasteiger partial charge < -0.3 is 5.32 Å². The molecule has 0 radical (unpaired) electrons. The molecule has 0 spiro atoms. The van der Waals surface area contributed by atoms with Crippen LogP contribution in [0.2, 0.25) is 5.02 Å². The van der Waals surface area contributed by atoms with Gasteiger partial charge in [0.1, 0.15) is 6.54 Å². The molecule has 0 aromatic heterocycles. The van der Waals surface area contributed by atoms with E-state index in [0.29, 0.717) is 9.93 Å². The maximum atomic E-state index is 13.2. The Labute approximate surface area is 180 Å². The molecule has 1 fully saturated rings. The zero-order valence-corrected chi connectivity index (χ0v) is 17.6.